The molecule has 2 aromatic carbocycles. The second-order valence-corrected chi connectivity index (χ2v) is 11.7. The summed E-state index contributed by atoms with van der Waals surface area (Å²) >= 11 is 6.43. The molecule has 1 heterocycles. The highest BCUT2D eigenvalue weighted by atomic mass is 35.5. The van der Waals surface area contributed by atoms with Crippen LogP contribution in [0.4, 0.5) is 13.2 Å². The smallest absolute Gasteiger partial charge is 0.463 e. The molecule has 0 radical (unpaired) electrons. The number of alkyl halides is 3. The van der Waals surface area contributed by atoms with E-state index in [4.69, 9.17) is 35.3 Å². The summed E-state index contributed by atoms with van der Waals surface area (Å²) in [6.07, 6.45) is -6.37. The first kappa shape index (κ1) is 35.6. The standard InChI is InChI=1S/C28H28ClF3O12S/c1-14(33)39-13-23-25(40-15(2)34)27(42-17(4)36)26(41-16(3)35)24(43-23)19-7-10-22(29)20(12-19)11-18-5-8-21(9-6-18)44-45(37,38)28(30,31)32/h5-10,12,23-27H,11,13H2,1-4H3/t23?,24-,25?,26+,27+/m1/s1. The monoisotopic (exact) mass is 680 g/mol. The second-order valence-electron chi connectivity index (χ2n) is 9.77. The molecule has 0 N–H and O–H groups in total. The molecule has 0 bridgehead atoms. The van der Waals surface area contributed by atoms with Crippen LogP contribution < -0.4 is 4.18 Å². The molecular weight excluding hydrogens is 653 g/mol. The van der Waals surface area contributed by atoms with Crippen molar-refractivity contribution in [1.29, 1.82) is 0 Å². The Balaban J connectivity index is 1.99. The molecule has 0 amide bonds. The van der Waals surface area contributed by atoms with Crippen molar-refractivity contribution < 1.29 is 68.6 Å². The first-order valence-corrected chi connectivity index (χ1v) is 14.8. The minimum atomic E-state index is -5.86. The van der Waals surface area contributed by atoms with Crippen molar-refractivity contribution in [3.8, 4) is 5.75 Å². The summed E-state index contributed by atoms with van der Waals surface area (Å²) in [5.74, 6) is -3.60. The fourth-order valence-corrected chi connectivity index (χ4v) is 5.10. The molecule has 45 heavy (non-hydrogen) atoms. The zero-order valence-electron chi connectivity index (χ0n) is 24.2. The highest BCUT2D eigenvalue weighted by molar-refractivity contribution is 7.88. The van der Waals surface area contributed by atoms with E-state index >= 15 is 0 Å². The molecule has 5 atom stereocenters. The van der Waals surface area contributed by atoms with E-state index in [0.29, 0.717) is 16.7 Å². The molecule has 0 aliphatic carbocycles. The lowest BCUT2D eigenvalue weighted by molar-refractivity contribution is -0.254. The van der Waals surface area contributed by atoms with E-state index in [1.54, 1.807) is 6.07 Å². The molecule has 2 unspecified atom stereocenters. The Labute approximate surface area is 260 Å². The van der Waals surface area contributed by atoms with Gasteiger partial charge >= 0.3 is 39.5 Å². The Morgan fingerprint density at radius 1 is 0.822 bits per heavy atom. The van der Waals surface area contributed by atoms with E-state index < -0.39 is 82.4 Å². The zero-order valence-corrected chi connectivity index (χ0v) is 25.7. The van der Waals surface area contributed by atoms with E-state index in [1.165, 1.54) is 24.3 Å². The van der Waals surface area contributed by atoms with Gasteiger partial charge in [0.15, 0.2) is 18.3 Å². The summed E-state index contributed by atoms with van der Waals surface area (Å²) < 4.78 is 92.2. The predicted molar refractivity (Wildman–Crippen MR) is 147 cm³/mol. The Bertz CT molecular complexity index is 1530. The maximum absolute atomic E-state index is 12.7. The van der Waals surface area contributed by atoms with Gasteiger partial charge in [0, 0.05) is 32.7 Å². The summed E-state index contributed by atoms with van der Waals surface area (Å²) in [7, 11) is -5.86. The molecule has 0 spiro atoms. The van der Waals surface area contributed by atoms with Crippen LogP contribution in [0.3, 0.4) is 0 Å². The third-order valence-corrected chi connectivity index (χ3v) is 7.54. The van der Waals surface area contributed by atoms with Gasteiger partial charge < -0.3 is 27.9 Å². The van der Waals surface area contributed by atoms with Crippen LogP contribution in [0.1, 0.15) is 50.5 Å². The van der Waals surface area contributed by atoms with Gasteiger partial charge in [-0.3, -0.25) is 19.2 Å². The van der Waals surface area contributed by atoms with Gasteiger partial charge in [0.05, 0.1) is 0 Å². The molecule has 12 nitrogen and oxygen atoms in total. The highest BCUT2D eigenvalue weighted by Crippen LogP contribution is 2.39. The van der Waals surface area contributed by atoms with Crippen LogP contribution in [-0.4, -0.2) is 68.8 Å². The summed E-state index contributed by atoms with van der Waals surface area (Å²) in [6.45, 7) is 4.02. The number of hydrogen-bond donors (Lipinski definition) is 0. The van der Waals surface area contributed by atoms with Crippen LogP contribution in [0, 0.1) is 0 Å². The number of carbonyl (C=O) groups excluding carboxylic acids is 4. The van der Waals surface area contributed by atoms with Crippen LogP contribution in [0.2, 0.25) is 5.02 Å². The predicted octanol–water partition coefficient (Wildman–Crippen LogP) is 3.96. The Hall–Kier alpha value is -3.89. The highest BCUT2D eigenvalue weighted by Gasteiger charge is 2.52. The number of hydrogen-bond acceptors (Lipinski definition) is 12. The van der Waals surface area contributed by atoms with Crippen LogP contribution in [-0.2, 0) is 59.4 Å². The minimum absolute atomic E-state index is 0.0875. The maximum Gasteiger partial charge on any atom is 0.534 e. The lowest BCUT2D eigenvalue weighted by Crippen LogP contribution is -2.59. The lowest BCUT2D eigenvalue weighted by Gasteiger charge is -2.44. The lowest BCUT2D eigenvalue weighted by atomic mass is 9.89. The third kappa shape index (κ3) is 9.55. The second kappa shape index (κ2) is 14.5. The molecule has 246 valence electrons. The van der Waals surface area contributed by atoms with Crippen molar-refractivity contribution in [3.05, 3.63) is 64.2 Å². The number of halogens is 4. The van der Waals surface area contributed by atoms with E-state index in [-0.39, 0.29) is 11.4 Å². The average molecular weight is 681 g/mol. The number of esters is 4. The summed E-state index contributed by atoms with van der Waals surface area (Å²) in [4.78, 5) is 47.8. The Morgan fingerprint density at radius 2 is 1.38 bits per heavy atom. The molecule has 1 fully saturated rings. The molecule has 0 saturated carbocycles. The van der Waals surface area contributed by atoms with E-state index in [0.717, 1.165) is 39.8 Å². The molecule has 1 aliphatic rings. The molecular formula is C28H28ClF3O12S. The van der Waals surface area contributed by atoms with Gasteiger partial charge in [-0.05, 0) is 41.3 Å². The van der Waals surface area contributed by atoms with E-state index in [9.17, 15) is 40.8 Å². The van der Waals surface area contributed by atoms with Gasteiger partial charge in [0.25, 0.3) is 0 Å². The Morgan fingerprint density at radius 3 is 1.91 bits per heavy atom. The van der Waals surface area contributed by atoms with Gasteiger partial charge in [-0.2, -0.15) is 21.6 Å². The minimum Gasteiger partial charge on any atom is -0.463 e. The number of ether oxygens (including phenoxy) is 5. The molecule has 0 aromatic heterocycles. The zero-order chi connectivity index (χ0) is 33.7. The molecule has 2 aromatic rings. The van der Waals surface area contributed by atoms with Gasteiger partial charge in [0.1, 0.15) is 24.6 Å². The van der Waals surface area contributed by atoms with Gasteiger partial charge in [0.2, 0.25) is 0 Å². The van der Waals surface area contributed by atoms with E-state index in [1.807, 2.05) is 0 Å². The quantitative estimate of drug-likeness (QED) is 0.154. The maximum atomic E-state index is 12.7. The van der Waals surface area contributed by atoms with Crippen molar-refractivity contribution in [2.24, 2.45) is 0 Å². The molecule has 17 heteroatoms. The summed E-state index contributed by atoms with van der Waals surface area (Å²) in [5, 5.41) is 0.254. The first-order chi connectivity index (χ1) is 20.9. The van der Waals surface area contributed by atoms with Crippen molar-refractivity contribution in [3.63, 3.8) is 0 Å². The van der Waals surface area contributed by atoms with Crippen LogP contribution in [0.15, 0.2) is 42.5 Å². The van der Waals surface area contributed by atoms with Gasteiger partial charge in [-0.15, -0.1) is 0 Å². The number of benzene rings is 2. The molecule has 1 saturated heterocycles. The molecule has 3 rings (SSSR count). The van der Waals surface area contributed by atoms with Crippen LogP contribution in [0.5, 0.6) is 5.75 Å². The van der Waals surface area contributed by atoms with Crippen molar-refractivity contribution >= 4 is 45.6 Å². The van der Waals surface area contributed by atoms with Crippen molar-refractivity contribution in [2.45, 2.75) is 70.1 Å². The first-order valence-electron chi connectivity index (χ1n) is 13.1. The Kier molecular flexibility index (Phi) is 11.4. The number of rotatable bonds is 10. The summed E-state index contributed by atoms with van der Waals surface area (Å²) in [5.41, 5.74) is -4.30. The average Bonchev–Trinajstić information content (AvgIpc) is 2.90. The van der Waals surface area contributed by atoms with Gasteiger partial charge in [-0.25, -0.2) is 0 Å². The SMILES string of the molecule is CC(=O)OCC1O[C@H](c2ccc(Cl)c(Cc3ccc(OS(=O)(=O)C(F)(F)F)cc3)c2)[C@H](OC(C)=O)[C@@H](OC(C)=O)C1OC(C)=O. The van der Waals surface area contributed by atoms with Gasteiger partial charge in [-0.1, -0.05) is 35.9 Å². The normalized spacial score (nSPS) is 21.7. The molecule has 1 aliphatic heterocycles. The van der Waals surface area contributed by atoms with Crippen molar-refractivity contribution in [1.82, 2.24) is 0 Å². The van der Waals surface area contributed by atoms with E-state index in [2.05, 4.69) is 4.18 Å². The third-order valence-electron chi connectivity index (χ3n) is 6.20. The van der Waals surface area contributed by atoms with Crippen LogP contribution >= 0.6 is 11.6 Å². The number of carbonyl (C=O) groups is 4. The fraction of sp³-hybridized carbons (Fsp3) is 0.429. The summed E-state index contributed by atoms with van der Waals surface area (Å²) in [6, 6.07) is 9.34. The van der Waals surface area contributed by atoms with Crippen LogP contribution in [0.25, 0.3) is 0 Å². The van der Waals surface area contributed by atoms with Crippen molar-refractivity contribution in [2.75, 3.05) is 6.61 Å². The fourth-order valence-electron chi connectivity index (χ4n) is 4.46. The topological polar surface area (TPSA) is 158 Å². The largest absolute Gasteiger partial charge is 0.534 e.